The Morgan fingerprint density at radius 1 is 0.875 bits per heavy atom. The standard InChI is InChI=1S/C14H25OP/c1-14(2,3)15-16-13-11-5-9-4-10(7-11)8-12(13)6-9/h9-13,16H,4-8H2,1-3H3. The topological polar surface area (TPSA) is 9.23 Å². The molecule has 4 aliphatic carbocycles. The second-order valence-electron chi connectivity index (χ2n) is 7.29. The zero-order valence-electron chi connectivity index (χ0n) is 10.8. The summed E-state index contributed by atoms with van der Waals surface area (Å²) in [6, 6.07) is 0. The normalized spacial score (nSPS) is 47.1. The molecule has 4 bridgehead atoms. The van der Waals surface area contributed by atoms with Crippen molar-refractivity contribution in [2.45, 2.75) is 64.1 Å². The Hall–Kier alpha value is 0.390. The fraction of sp³-hybridized carbons (Fsp3) is 1.00. The van der Waals surface area contributed by atoms with Crippen molar-refractivity contribution in [1.29, 1.82) is 0 Å². The summed E-state index contributed by atoms with van der Waals surface area (Å²) in [6.45, 7) is 6.57. The third kappa shape index (κ3) is 2.18. The highest BCUT2D eigenvalue weighted by Gasteiger charge is 2.48. The Morgan fingerprint density at radius 2 is 1.38 bits per heavy atom. The zero-order chi connectivity index (χ0) is 11.3. The molecule has 0 heterocycles. The Labute approximate surface area is 102 Å². The molecule has 0 N–H and O–H groups in total. The Kier molecular flexibility index (Phi) is 2.84. The molecule has 0 aliphatic heterocycles. The van der Waals surface area contributed by atoms with Crippen LogP contribution in [0.2, 0.25) is 0 Å². The summed E-state index contributed by atoms with van der Waals surface area (Å²) in [5.41, 5.74) is 0.986. The highest BCUT2D eigenvalue weighted by molar-refractivity contribution is 7.33. The molecule has 4 rings (SSSR count). The van der Waals surface area contributed by atoms with E-state index in [4.69, 9.17) is 4.52 Å². The predicted molar refractivity (Wildman–Crippen MR) is 70.0 cm³/mol. The summed E-state index contributed by atoms with van der Waals surface area (Å²) in [7, 11) is 0.762. The van der Waals surface area contributed by atoms with Gasteiger partial charge in [0.15, 0.2) is 0 Å². The average molecular weight is 240 g/mol. The van der Waals surface area contributed by atoms with Crippen molar-refractivity contribution >= 4 is 8.81 Å². The second-order valence-corrected chi connectivity index (χ2v) is 8.40. The van der Waals surface area contributed by atoms with Crippen molar-refractivity contribution in [2.24, 2.45) is 23.7 Å². The Bertz CT molecular complexity index is 240. The Balaban J connectivity index is 1.64. The maximum atomic E-state index is 6.08. The molecular weight excluding hydrogens is 215 g/mol. The second kappa shape index (κ2) is 3.95. The van der Waals surface area contributed by atoms with Crippen molar-refractivity contribution in [1.82, 2.24) is 0 Å². The van der Waals surface area contributed by atoms with Gasteiger partial charge in [0.05, 0.1) is 5.60 Å². The van der Waals surface area contributed by atoms with Crippen LogP contribution in [0.5, 0.6) is 0 Å². The molecule has 0 aromatic rings. The van der Waals surface area contributed by atoms with Gasteiger partial charge in [0.1, 0.15) is 0 Å². The molecule has 0 aromatic carbocycles. The maximum Gasteiger partial charge on any atom is 0.0637 e. The lowest BCUT2D eigenvalue weighted by Crippen LogP contribution is -2.46. The molecule has 1 unspecified atom stereocenters. The van der Waals surface area contributed by atoms with Crippen LogP contribution < -0.4 is 0 Å². The SMILES string of the molecule is CC(C)(C)OPC1C2CC3CC(C2)CC1C3. The van der Waals surface area contributed by atoms with E-state index in [-0.39, 0.29) is 5.60 Å². The predicted octanol–water partition coefficient (Wildman–Crippen LogP) is 4.22. The lowest BCUT2D eigenvalue weighted by molar-refractivity contribution is 0.0200. The van der Waals surface area contributed by atoms with E-state index in [0.29, 0.717) is 0 Å². The average Bonchev–Trinajstić information content (AvgIpc) is 2.13. The van der Waals surface area contributed by atoms with E-state index in [9.17, 15) is 0 Å². The summed E-state index contributed by atoms with van der Waals surface area (Å²) in [5.74, 6) is 4.24. The van der Waals surface area contributed by atoms with Gasteiger partial charge < -0.3 is 4.52 Å². The van der Waals surface area contributed by atoms with E-state index in [1.54, 1.807) is 6.42 Å². The van der Waals surface area contributed by atoms with Gasteiger partial charge in [-0.3, -0.25) is 0 Å². The van der Waals surface area contributed by atoms with E-state index in [0.717, 1.165) is 38.1 Å². The third-order valence-electron chi connectivity index (χ3n) is 4.73. The smallest absolute Gasteiger partial charge is 0.0637 e. The van der Waals surface area contributed by atoms with Crippen molar-refractivity contribution in [2.75, 3.05) is 0 Å². The molecule has 4 aliphatic rings. The van der Waals surface area contributed by atoms with E-state index >= 15 is 0 Å². The summed E-state index contributed by atoms with van der Waals surface area (Å²) in [5, 5.41) is 0. The minimum Gasteiger partial charge on any atom is -0.357 e. The van der Waals surface area contributed by atoms with Gasteiger partial charge in [-0.25, -0.2) is 0 Å². The third-order valence-corrected chi connectivity index (χ3v) is 6.67. The molecule has 1 nitrogen and oxygen atoms in total. The molecule has 0 aromatic heterocycles. The van der Waals surface area contributed by atoms with Crippen molar-refractivity contribution in [3.05, 3.63) is 0 Å². The Morgan fingerprint density at radius 3 is 1.81 bits per heavy atom. The monoisotopic (exact) mass is 240 g/mol. The fourth-order valence-electron chi connectivity index (χ4n) is 4.36. The first-order valence-corrected chi connectivity index (χ1v) is 7.93. The molecule has 4 saturated carbocycles. The van der Waals surface area contributed by atoms with Crippen LogP contribution >= 0.6 is 8.81 Å². The van der Waals surface area contributed by atoms with Gasteiger partial charge in [-0.2, -0.15) is 0 Å². The van der Waals surface area contributed by atoms with Gasteiger partial charge in [-0.15, -0.1) is 0 Å². The molecule has 16 heavy (non-hydrogen) atoms. The molecule has 0 saturated heterocycles. The lowest BCUT2D eigenvalue weighted by Gasteiger charge is -2.54. The number of hydrogen-bond acceptors (Lipinski definition) is 1. The van der Waals surface area contributed by atoms with Crippen LogP contribution in [0.1, 0.15) is 52.9 Å². The van der Waals surface area contributed by atoms with Crippen LogP contribution in [0.15, 0.2) is 0 Å². The molecule has 92 valence electrons. The number of rotatable bonds is 2. The van der Waals surface area contributed by atoms with Crippen LogP contribution in [0.4, 0.5) is 0 Å². The van der Waals surface area contributed by atoms with Crippen molar-refractivity contribution in [3.8, 4) is 0 Å². The zero-order valence-corrected chi connectivity index (χ0v) is 11.8. The first kappa shape index (κ1) is 11.5. The van der Waals surface area contributed by atoms with Crippen LogP contribution in [-0.4, -0.2) is 11.3 Å². The minimum atomic E-state index is 0.0626. The van der Waals surface area contributed by atoms with E-state index in [1.807, 2.05) is 0 Å². The summed E-state index contributed by atoms with van der Waals surface area (Å²) in [6.07, 6.45) is 7.66. The molecule has 4 fully saturated rings. The van der Waals surface area contributed by atoms with E-state index in [2.05, 4.69) is 20.8 Å². The highest BCUT2D eigenvalue weighted by atomic mass is 31.1. The molecule has 2 heteroatoms. The molecule has 0 spiro atoms. The van der Waals surface area contributed by atoms with Gasteiger partial charge in [-0.05, 0) is 76.5 Å². The van der Waals surface area contributed by atoms with Crippen LogP contribution in [0.25, 0.3) is 0 Å². The van der Waals surface area contributed by atoms with Crippen LogP contribution in [0.3, 0.4) is 0 Å². The van der Waals surface area contributed by atoms with Gasteiger partial charge in [0.25, 0.3) is 0 Å². The van der Waals surface area contributed by atoms with Crippen LogP contribution in [0, 0.1) is 23.7 Å². The minimum absolute atomic E-state index is 0.0626. The quantitative estimate of drug-likeness (QED) is 0.657. The van der Waals surface area contributed by atoms with Crippen LogP contribution in [-0.2, 0) is 4.52 Å². The summed E-state index contributed by atoms with van der Waals surface area (Å²) >= 11 is 0. The van der Waals surface area contributed by atoms with E-state index < -0.39 is 0 Å². The van der Waals surface area contributed by atoms with Gasteiger partial charge in [0, 0.05) is 14.5 Å². The highest BCUT2D eigenvalue weighted by Crippen LogP contribution is 2.58. The van der Waals surface area contributed by atoms with Crippen molar-refractivity contribution in [3.63, 3.8) is 0 Å². The van der Waals surface area contributed by atoms with Gasteiger partial charge in [-0.1, -0.05) is 0 Å². The molecule has 0 amide bonds. The van der Waals surface area contributed by atoms with Gasteiger partial charge >= 0.3 is 0 Å². The fourth-order valence-corrected chi connectivity index (χ4v) is 5.78. The van der Waals surface area contributed by atoms with Gasteiger partial charge in [0.2, 0.25) is 0 Å². The molecular formula is C14H25OP. The maximum absolute atomic E-state index is 6.08. The van der Waals surface area contributed by atoms with E-state index in [1.165, 1.54) is 25.7 Å². The first-order valence-electron chi connectivity index (χ1n) is 6.95. The summed E-state index contributed by atoms with van der Waals surface area (Å²) < 4.78 is 6.08. The summed E-state index contributed by atoms with van der Waals surface area (Å²) in [4.78, 5) is 0. The first-order chi connectivity index (χ1) is 7.51. The molecule has 1 atom stereocenters. The number of hydrogen-bond donors (Lipinski definition) is 0. The molecule has 0 radical (unpaired) electrons. The largest absolute Gasteiger partial charge is 0.357 e. The van der Waals surface area contributed by atoms with Crippen molar-refractivity contribution < 1.29 is 4.52 Å². The lowest BCUT2D eigenvalue weighted by atomic mass is 9.56.